The normalized spacial score (nSPS) is 10.5. The molecular formula is C14H9BrClN3S. The largest absolute Gasteiger partial charge is 0.316 e. The Hall–Kier alpha value is -1.43. The topological polar surface area (TPSA) is 37.8 Å². The number of thiazole rings is 1. The molecule has 0 saturated carbocycles. The zero-order valence-corrected chi connectivity index (χ0v) is 13.3. The SMILES string of the molecule is Clc1ccnc(Nc2ncc(-c3cccc(Br)c3)s2)c1. The monoisotopic (exact) mass is 365 g/mol. The van der Waals surface area contributed by atoms with Crippen LogP contribution in [-0.2, 0) is 0 Å². The number of hydrogen-bond donors (Lipinski definition) is 1. The summed E-state index contributed by atoms with van der Waals surface area (Å²) in [6.45, 7) is 0. The van der Waals surface area contributed by atoms with Crippen molar-refractivity contribution < 1.29 is 0 Å². The van der Waals surface area contributed by atoms with Crippen LogP contribution in [0.3, 0.4) is 0 Å². The van der Waals surface area contributed by atoms with E-state index in [9.17, 15) is 0 Å². The lowest BCUT2D eigenvalue weighted by molar-refractivity contribution is 1.29. The van der Waals surface area contributed by atoms with Gasteiger partial charge in [0.1, 0.15) is 5.82 Å². The minimum Gasteiger partial charge on any atom is -0.316 e. The van der Waals surface area contributed by atoms with E-state index in [1.807, 2.05) is 18.3 Å². The Morgan fingerprint density at radius 2 is 2.05 bits per heavy atom. The standard InChI is InChI=1S/C14H9BrClN3S/c15-10-3-1-2-9(6-10)12-8-18-14(20-12)19-13-7-11(16)4-5-17-13/h1-8H,(H,17,18,19). The van der Waals surface area contributed by atoms with Crippen molar-refractivity contribution in [3.63, 3.8) is 0 Å². The molecule has 0 unspecified atom stereocenters. The molecule has 1 aromatic carbocycles. The quantitative estimate of drug-likeness (QED) is 0.677. The molecule has 3 aromatic rings. The molecule has 0 bridgehead atoms. The molecule has 6 heteroatoms. The molecule has 3 rings (SSSR count). The van der Waals surface area contributed by atoms with E-state index in [2.05, 4.69) is 43.3 Å². The van der Waals surface area contributed by atoms with Gasteiger partial charge in [0.2, 0.25) is 0 Å². The fourth-order valence-corrected chi connectivity index (χ4v) is 3.07. The first-order valence-electron chi connectivity index (χ1n) is 5.81. The van der Waals surface area contributed by atoms with Crippen molar-refractivity contribution in [1.82, 2.24) is 9.97 Å². The van der Waals surface area contributed by atoms with Gasteiger partial charge in [-0.05, 0) is 29.8 Å². The Kier molecular flexibility index (Phi) is 4.00. The van der Waals surface area contributed by atoms with Crippen molar-refractivity contribution in [2.75, 3.05) is 5.32 Å². The van der Waals surface area contributed by atoms with Gasteiger partial charge in [-0.1, -0.05) is 51.0 Å². The molecule has 1 N–H and O–H groups in total. The second-order valence-electron chi connectivity index (χ2n) is 4.02. The van der Waals surface area contributed by atoms with E-state index in [1.54, 1.807) is 29.7 Å². The highest BCUT2D eigenvalue weighted by Crippen LogP contribution is 2.31. The number of halogens is 2. The van der Waals surface area contributed by atoms with Gasteiger partial charge in [-0.2, -0.15) is 0 Å². The van der Waals surface area contributed by atoms with Crippen LogP contribution in [0.2, 0.25) is 5.02 Å². The van der Waals surface area contributed by atoms with Gasteiger partial charge in [-0.25, -0.2) is 9.97 Å². The first-order valence-corrected chi connectivity index (χ1v) is 7.80. The summed E-state index contributed by atoms with van der Waals surface area (Å²) in [5.41, 5.74) is 1.13. The van der Waals surface area contributed by atoms with Crippen LogP contribution in [0, 0.1) is 0 Å². The number of anilines is 2. The third kappa shape index (κ3) is 3.17. The number of aromatic nitrogens is 2. The zero-order chi connectivity index (χ0) is 13.9. The predicted octanol–water partition coefficient (Wildman–Crippen LogP) is 5.36. The molecule has 20 heavy (non-hydrogen) atoms. The lowest BCUT2D eigenvalue weighted by atomic mass is 10.2. The van der Waals surface area contributed by atoms with Gasteiger partial charge in [-0.3, -0.25) is 0 Å². The van der Waals surface area contributed by atoms with E-state index in [1.165, 1.54) is 0 Å². The van der Waals surface area contributed by atoms with Gasteiger partial charge < -0.3 is 5.32 Å². The van der Waals surface area contributed by atoms with E-state index in [-0.39, 0.29) is 0 Å². The summed E-state index contributed by atoms with van der Waals surface area (Å²) in [5.74, 6) is 0.688. The molecule has 2 aromatic heterocycles. The van der Waals surface area contributed by atoms with Gasteiger partial charge in [-0.15, -0.1) is 0 Å². The molecule has 0 saturated heterocycles. The highest BCUT2D eigenvalue weighted by Gasteiger charge is 2.06. The number of benzene rings is 1. The minimum absolute atomic E-state index is 0.645. The van der Waals surface area contributed by atoms with E-state index in [4.69, 9.17) is 11.6 Å². The molecule has 0 aliphatic carbocycles. The van der Waals surface area contributed by atoms with Crippen LogP contribution in [0.4, 0.5) is 10.9 Å². The Balaban J connectivity index is 1.84. The second kappa shape index (κ2) is 5.91. The molecule has 3 nitrogen and oxygen atoms in total. The first-order chi connectivity index (χ1) is 9.70. The van der Waals surface area contributed by atoms with Gasteiger partial charge in [0, 0.05) is 21.9 Å². The Labute approximate surface area is 133 Å². The van der Waals surface area contributed by atoms with Crippen LogP contribution in [0.15, 0.2) is 53.3 Å². The van der Waals surface area contributed by atoms with Crippen LogP contribution < -0.4 is 5.32 Å². The van der Waals surface area contributed by atoms with E-state index in [0.29, 0.717) is 10.8 Å². The lowest BCUT2D eigenvalue weighted by Gasteiger charge is -2.01. The number of hydrogen-bond acceptors (Lipinski definition) is 4. The summed E-state index contributed by atoms with van der Waals surface area (Å²) in [6.07, 6.45) is 3.51. The predicted molar refractivity (Wildman–Crippen MR) is 87.8 cm³/mol. The number of nitrogens with zero attached hydrogens (tertiary/aromatic N) is 2. The van der Waals surface area contributed by atoms with E-state index < -0.39 is 0 Å². The van der Waals surface area contributed by atoms with Crippen molar-refractivity contribution in [3.05, 3.63) is 58.3 Å². The average molecular weight is 367 g/mol. The van der Waals surface area contributed by atoms with E-state index >= 15 is 0 Å². The summed E-state index contributed by atoms with van der Waals surface area (Å²) in [6, 6.07) is 11.6. The third-order valence-electron chi connectivity index (χ3n) is 2.57. The van der Waals surface area contributed by atoms with Gasteiger partial charge in [0.15, 0.2) is 5.13 Å². The maximum atomic E-state index is 5.93. The van der Waals surface area contributed by atoms with Crippen LogP contribution >= 0.6 is 38.9 Å². The summed E-state index contributed by atoms with van der Waals surface area (Å²) < 4.78 is 1.05. The number of pyridine rings is 1. The number of nitrogens with one attached hydrogen (secondary N) is 1. The molecule has 0 atom stereocenters. The van der Waals surface area contributed by atoms with Crippen molar-refractivity contribution in [2.24, 2.45) is 0 Å². The molecule has 0 amide bonds. The molecule has 0 aliphatic rings. The van der Waals surface area contributed by atoms with Crippen molar-refractivity contribution in [2.45, 2.75) is 0 Å². The summed E-state index contributed by atoms with van der Waals surface area (Å²) >= 11 is 11.0. The highest BCUT2D eigenvalue weighted by molar-refractivity contribution is 9.10. The third-order valence-corrected chi connectivity index (χ3v) is 4.26. The van der Waals surface area contributed by atoms with E-state index in [0.717, 1.165) is 20.0 Å². The molecule has 0 spiro atoms. The fourth-order valence-electron chi connectivity index (χ4n) is 1.69. The van der Waals surface area contributed by atoms with Crippen molar-refractivity contribution in [1.29, 1.82) is 0 Å². The average Bonchev–Trinajstić information content (AvgIpc) is 2.87. The zero-order valence-electron chi connectivity index (χ0n) is 10.2. The van der Waals surface area contributed by atoms with Crippen LogP contribution in [0.25, 0.3) is 10.4 Å². The van der Waals surface area contributed by atoms with Gasteiger partial charge in [0.05, 0.1) is 4.88 Å². The second-order valence-corrected chi connectivity index (χ2v) is 6.41. The minimum atomic E-state index is 0.645. The number of rotatable bonds is 3. The molecule has 0 fully saturated rings. The first kappa shape index (κ1) is 13.5. The summed E-state index contributed by atoms with van der Waals surface area (Å²) in [7, 11) is 0. The highest BCUT2D eigenvalue weighted by atomic mass is 79.9. The molecule has 0 aliphatic heterocycles. The van der Waals surface area contributed by atoms with Crippen LogP contribution in [-0.4, -0.2) is 9.97 Å². The van der Waals surface area contributed by atoms with Crippen LogP contribution in [0.1, 0.15) is 0 Å². The summed E-state index contributed by atoms with van der Waals surface area (Å²) in [4.78, 5) is 9.64. The fraction of sp³-hybridized carbons (Fsp3) is 0. The molecular weight excluding hydrogens is 358 g/mol. The maximum Gasteiger partial charge on any atom is 0.188 e. The lowest BCUT2D eigenvalue weighted by Crippen LogP contribution is -1.91. The smallest absolute Gasteiger partial charge is 0.188 e. The Morgan fingerprint density at radius 1 is 1.15 bits per heavy atom. The van der Waals surface area contributed by atoms with Crippen molar-refractivity contribution in [3.8, 4) is 10.4 Å². The maximum absolute atomic E-state index is 5.93. The van der Waals surface area contributed by atoms with Crippen LogP contribution in [0.5, 0.6) is 0 Å². The van der Waals surface area contributed by atoms with Gasteiger partial charge in [0.25, 0.3) is 0 Å². The summed E-state index contributed by atoms with van der Waals surface area (Å²) in [5, 5.41) is 4.58. The molecule has 2 heterocycles. The molecule has 100 valence electrons. The van der Waals surface area contributed by atoms with Crippen molar-refractivity contribution >= 4 is 49.8 Å². The Bertz CT molecular complexity index is 745. The molecule has 0 radical (unpaired) electrons. The van der Waals surface area contributed by atoms with Gasteiger partial charge >= 0.3 is 0 Å². The Morgan fingerprint density at radius 3 is 2.85 bits per heavy atom.